The van der Waals surface area contributed by atoms with E-state index < -0.39 is 18.0 Å². The second-order valence-electron chi connectivity index (χ2n) is 8.58. The van der Waals surface area contributed by atoms with Gasteiger partial charge >= 0.3 is 6.09 Å². The zero-order valence-electron chi connectivity index (χ0n) is 18.1. The van der Waals surface area contributed by atoms with Crippen molar-refractivity contribution < 1.29 is 19.1 Å². The number of carbonyl (C=O) groups excluding carboxylic acids is 1. The standard InChI is InChI=1S/C23H25Cl2FN4O3/c1-28(23(32)33)20-13-30(12-17(20)15-2-4-18(25)19(26)10-15)22(31)14-6-8-29(9-7-14)21-5-3-16(24)11-27-21/h2-5,10-11,14,17,20H,6-9,12-13H2,1H3,(H,32,33)/t17-,20+/m0/s1. The monoisotopic (exact) mass is 494 g/mol. The number of likely N-dealkylation sites (N-methyl/N-ethyl adjacent to an activating group) is 1. The van der Waals surface area contributed by atoms with Crippen LogP contribution < -0.4 is 4.90 Å². The molecule has 0 spiro atoms. The topological polar surface area (TPSA) is 77.0 Å². The maximum Gasteiger partial charge on any atom is 0.407 e. The maximum atomic E-state index is 14.1. The first-order valence-corrected chi connectivity index (χ1v) is 11.6. The summed E-state index contributed by atoms with van der Waals surface area (Å²) in [6.45, 7) is 2.00. The molecule has 2 aliphatic heterocycles. The average molecular weight is 495 g/mol. The van der Waals surface area contributed by atoms with Crippen LogP contribution in [0.2, 0.25) is 10.0 Å². The number of piperidine rings is 1. The van der Waals surface area contributed by atoms with E-state index in [1.54, 1.807) is 23.2 Å². The van der Waals surface area contributed by atoms with Crippen molar-refractivity contribution in [1.82, 2.24) is 14.8 Å². The summed E-state index contributed by atoms with van der Waals surface area (Å²) in [7, 11) is 1.48. The lowest BCUT2D eigenvalue weighted by atomic mass is 9.93. The number of halogens is 3. The Morgan fingerprint density at radius 2 is 1.88 bits per heavy atom. The third-order valence-corrected chi connectivity index (χ3v) is 7.18. The molecule has 33 heavy (non-hydrogen) atoms. The molecule has 1 aromatic heterocycles. The van der Waals surface area contributed by atoms with Crippen LogP contribution in [0.25, 0.3) is 0 Å². The third kappa shape index (κ3) is 5.01. The lowest BCUT2D eigenvalue weighted by molar-refractivity contribution is -0.135. The number of hydrogen-bond acceptors (Lipinski definition) is 4. The molecule has 0 bridgehead atoms. The molecule has 1 N–H and O–H groups in total. The number of likely N-dealkylation sites (tertiary alicyclic amines) is 1. The van der Waals surface area contributed by atoms with E-state index in [0.29, 0.717) is 43.1 Å². The largest absolute Gasteiger partial charge is 0.465 e. The Morgan fingerprint density at radius 3 is 2.48 bits per heavy atom. The van der Waals surface area contributed by atoms with Crippen molar-refractivity contribution in [3.63, 3.8) is 0 Å². The fraction of sp³-hybridized carbons (Fsp3) is 0.435. The Balaban J connectivity index is 1.46. The van der Waals surface area contributed by atoms with Crippen molar-refractivity contribution in [3.05, 3.63) is 58.0 Å². The van der Waals surface area contributed by atoms with Crippen LogP contribution in [0, 0.1) is 11.7 Å². The summed E-state index contributed by atoms with van der Waals surface area (Å²) < 4.78 is 14.1. The fourth-order valence-electron chi connectivity index (χ4n) is 4.74. The van der Waals surface area contributed by atoms with Gasteiger partial charge in [0.2, 0.25) is 5.91 Å². The fourth-order valence-corrected chi connectivity index (χ4v) is 4.97. The van der Waals surface area contributed by atoms with Crippen molar-refractivity contribution in [2.24, 2.45) is 5.92 Å². The second kappa shape index (κ2) is 9.73. The molecule has 0 aliphatic carbocycles. The molecule has 2 atom stereocenters. The van der Waals surface area contributed by atoms with Crippen molar-refractivity contribution in [3.8, 4) is 0 Å². The zero-order valence-corrected chi connectivity index (χ0v) is 19.6. The number of nitrogens with zero attached hydrogens (tertiary/aromatic N) is 4. The van der Waals surface area contributed by atoms with Gasteiger partial charge < -0.3 is 19.8 Å². The van der Waals surface area contributed by atoms with Gasteiger partial charge in [0, 0.05) is 51.3 Å². The van der Waals surface area contributed by atoms with Gasteiger partial charge in [-0.2, -0.15) is 0 Å². The molecular formula is C23H25Cl2FN4O3. The van der Waals surface area contributed by atoms with Gasteiger partial charge in [-0.15, -0.1) is 0 Å². The van der Waals surface area contributed by atoms with E-state index in [1.165, 1.54) is 24.1 Å². The molecule has 0 unspecified atom stereocenters. The predicted molar refractivity (Wildman–Crippen MR) is 124 cm³/mol. The summed E-state index contributed by atoms with van der Waals surface area (Å²) in [6.07, 6.45) is 1.88. The summed E-state index contributed by atoms with van der Waals surface area (Å²) in [5, 5.41) is 10.1. The van der Waals surface area contributed by atoms with E-state index in [-0.39, 0.29) is 29.3 Å². The van der Waals surface area contributed by atoms with Crippen molar-refractivity contribution in [1.29, 1.82) is 0 Å². The lowest BCUT2D eigenvalue weighted by Crippen LogP contribution is -2.44. The van der Waals surface area contributed by atoms with Crippen LogP contribution in [0.1, 0.15) is 24.3 Å². The van der Waals surface area contributed by atoms with Gasteiger partial charge in [-0.1, -0.05) is 29.3 Å². The number of amides is 2. The van der Waals surface area contributed by atoms with E-state index in [4.69, 9.17) is 23.2 Å². The van der Waals surface area contributed by atoms with Crippen LogP contribution in [0.5, 0.6) is 0 Å². The Kier molecular flexibility index (Phi) is 6.95. The van der Waals surface area contributed by atoms with E-state index >= 15 is 0 Å². The number of rotatable bonds is 4. The number of anilines is 1. The molecular weight excluding hydrogens is 470 g/mol. The Labute approximate surface area is 201 Å². The molecule has 2 aliphatic rings. The summed E-state index contributed by atoms with van der Waals surface area (Å²) in [6, 6.07) is 7.70. The zero-order chi connectivity index (χ0) is 23.7. The molecule has 0 saturated carbocycles. The normalized spacial score (nSPS) is 21.3. The quantitative estimate of drug-likeness (QED) is 0.683. The Morgan fingerprint density at radius 1 is 1.15 bits per heavy atom. The second-order valence-corrected chi connectivity index (χ2v) is 9.42. The summed E-state index contributed by atoms with van der Waals surface area (Å²) >= 11 is 11.7. The number of aromatic nitrogens is 1. The number of benzene rings is 1. The van der Waals surface area contributed by atoms with Crippen molar-refractivity contribution in [2.45, 2.75) is 24.8 Å². The van der Waals surface area contributed by atoms with E-state index in [0.717, 1.165) is 5.82 Å². The highest BCUT2D eigenvalue weighted by molar-refractivity contribution is 6.30. The number of carbonyl (C=O) groups is 2. The van der Waals surface area contributed by atoms with Crippen LogP contribution in [0.15, 0.2) is 36.5 Å². The number of pyridine rings is 1. The molecule has 0 radical (unpaired) electrons. The smallest absolute Gasteiger partial charge is 0.407 e. The van der Waals surface area contributed by atoms with Gasteiger partial charge in [0.15, 0.2) is 0 Å². The molecule has 7 nitrogen and oxygen atoms in total. The number of carboxylic acid groups (broad SMARTS) is 1. The summed E-state index contributed by atoms with van der Waals surface area (Å²) in [4.78, 5) is 34.4. The van der Waals surface area contributed by atoms with E-state index in [2.05, 4.69) is 9.88 Å². The average Bonchev–Trinajstić information content (AvgIpc) is 3.26. The van der Waals surface area contributed by atoms with Crippen molar-refractivity contribution in [2.75, 3.05) is 38.1 Å². The van der Waals surface area contributed by atoms with Gasteiger partial charge in [0.1, 0.15) is 11.6 Å². The predicted octanol–water partition coefficient (Wildman–Crippen LogP) is 4.35. The van der Waals surface area contributed by atoms with Gasteiger partial charge in [0.05, 0.1) is 16.1 Å². The van der Waals surface area contributed by atoms with Crippen LogP contribution in [0.3, 0.4) is 0 Å². The van der Waals surface area contributed by atoms with Gasteiger partial charge in [-0.3, -0.25) is 4.79 Å². The number of hydrogen-bond donors (Lipinski definition) is 1. The molecule has 3 heterocycles. The molecule has 2 aromatic rings. The van der Waals surface area contributed by atoms with Crippen LogP contribution in [-0.2, 0) is 4.79 Å². The minimum absolute atomic E-state index is 0.00903. The summed E-state index contributed by atoms with van der Waals surface area (Å²) in [5.41, 5.74) is 0.633. The van der Waals surface area contributed by atoms with Crippen LogP contribution in [-0.4, -0.2) is 71.2 Å². The van der Waals surface area contributed by atoms with E-state index in [1.807, 2.05) is 6.07 Å². The first-order chi connectivity index (χ1) is 15.7. The highest BCUT2D eigenvalue weighted by Gasteiger charge is 2.42. The van der Waals surface area contributed by atoms with Gasteiger partial charge in [0.25, 0.3) is 0 Å². The molecule has 10 heteroatoms. The first kappa shape index (κ1) is 23.6. The SMILES string of the molecule is CN(C(=O)O)[C@@H]1CN(C(=O)C2CCN(c3ccc(Cl)cn3)CC2)C[C@H]1c1ccc(Cl)c(F)c1. The molecule has 1 aromatic carbocycles. The minimum atomic E-state index is -1.09. The molecule has 2 amide bonds. The lowest BCUT2D eigenvalue weighted by Gasteiger charge is -2.34. The van der Waals surface area contributed by atoms with Crippen LogP contribution in [0.4, 0.5) is 15.0 Å². The van der Waals surface area contributed by atoms with Gasteiger partial charge in [-0.05, 0) is 42.7 Å². The first-order valence-electron chi connectivity index (χ1n) is 10.8. The summed E-state index contributed by atoms with van der Waals surface area (Å²) in [5.74, 6) is -0.192. The minimum Gasteiger partial charge on any atom is -0.465 e. The maximum absolute atomic E-state index is 14.1. The molecule has 2 saturated heterocycles. The molecule has 176 valence electrons. The van der Waals surface area contributed by atoms with E-state index in [9.17, 15) is 19.1 Å². The van der Waals surface area contributed by atoms with Crippen LogP contribution >= 0.6 is 23.2 Å². The third-order valence-electron chi connectivity index (χ3n) is 6.65. The molecule has 4 rings (SSSR count). The van der Waals surface area contributed by atoms with Crippen molar-refractivity contribution >= 4 is 41.0 Å². The highest BCUT2D eigenvalue weighted by atomic mass is 35.5. The molecule has 2 fully saturated rings. The van der Waals surface area contributed by atoms with Gasteiger partial charge in [-0.25, -0.2) is 14.2 Å². The highest BCUT2D eigenvalue weighted by Crippen LogP contribution is 2.34. The Bertz CT molecular complexity index is 1030. The Hall–Kier alpha value is -2.58.